The highest BCUT2D eigenvalue weighted by Crippen LogP contribution is 2.05. The van der Waals surface area contributed by atoms with Gasteiger partial charge in [-0.25, -0.2) is 0 Å². The van der Waals surface area contributed by atoms with Crippen LogP contribution in [-0.2, 0) is 6.54 Å². The van der Waals surface area contributed by atoms with E-state index < -0.39 is 11.5 Å². The second-order valence-electron chi connectivity index (χ2n) is 3.73. The van der Waals surface area contributed by atoms with Crippen molar-refractivity contribution in [2.24, 2.45) is 0 Å². The molecule has 0 saturated heterocycles. The summed E-state index contributed by atoms with van der Waals surface area (Å²) in [5.41, 5.74) is 0.521. The van der Waals surface area contributed by atoms with Crippen molar-refractivity contribution in [3.8, 4) is 0 Å². The van der Waals surface area contributed by atoms with Gasteiger partial charge in [-0.05, 0) is 11.6 Å². The molecule has 0 unspecified atom stereocenters. The van der Waals surface area contributed by atoms with Crippen molar-refractivity contribution in [2.75, 3.05) is 0 Å². The number of rotatable bonds is 3. The van der Waals surface area contributed by atoms with Crippen molar-refractivity contribution in [3.05, 3.63) is 69.1 Å². The van der Waals surface area contributed by atoms with E-state index in [0.29, 0.717) is 11.6 Å². The Bertz CT molecular complexity index is 608. The van der Waals surface area contributed by atoms with E-state index in [1.165, 1.54) is 12.3 Å². The fourth-order valence-corrected chi connectivity index (χ4v) is 1.66. The maximum Gasteiger partial charge on any atom is 0.260 e. The van der Waals surface area contributed by atoms with Crippen molar-refractivity contribution in [2.45, 2.75) is 6.54 Å². The molecular weight excluding hydrogens is 252 g/mol. The molecule has 0 fully saturated rings. The van der Waals surface area contributed by atoms with Crippen LogP contribution in [0.5, 0.6) is 0 Å². The lowest BCUT2D eigenvalue weighted by molar-refractivity contribution is 0.0949. The molecule has 18 heavy (non-hydrogen) atoms. The van der Waals surface area contributed by atoms with Gasteiger partial charge in [-0.2, -0.15) is 0 Å². The molecule has 5 heteroatoms. The second kappa shape index (κ2) is 5.51. The first-order valence-corrected chi connectivity index (χ1v) is 5.75. The quantitative estimate of drug-likeness (QED) is 0.888. The maximum absolute atomic E-state index is 11.8. The van der Waals surface area contributed by atoms with Crippen molar-refractivity contribution < 1.29 is 4.79 Å². The number of carbonyl (C=O) groups excluding carboxylic acids is 1. The lowest BCUT2D eigenvalue weighted by Gasteiger charge is -2.04. The van der Waals surface area contributed by atoms with Crippen LogP contribution in [0.1, 0.15) is 15.9 Å². The van der Waals surface area contributed by atoms with Crippen molar-refractivity contribution in [1.29, 1.82) is 0 Å². The van der Waals surface area contributed by atoms with Crippen LogP contribution >= 0.6 is 11.6 Å². The Morgan fingerprint density at radius 3 is 2.72 bits per heavy atom. The molecule has 0 aliphatic carbocycles. The number of benzene rings is 1. The summed E-state index contributed by atoms with van der Waals surface area (Å²) in [6.45, 7) is 0.367. The molecule has 0 aliphatic heterocycles. The van der Waals surface area contributed by atoms with Crippen LogP contribution in [0.15, 0.2) is 47.4 Å². The van der Waals surface area contributed by atoms with Crippen molar-refractivity contribution in [3.63, 3.8) is 0 Å². The van der Waals surface area contributed by atoms with Crippen LogP contribution in [0.2, 0.25) is 5.02 Å². The Morgan fingerprint density at radius 1 is 1.28 bits per heavy atom. The first-order valence-electron chi connectivity index (χ1n) is 5.37. The second-order valence-corrected chi connectivity index (χ2v) is 4.17. The molecule has 0 aliphatic rings. The van der Waals surface area contributed by atoms with Crippen LogP contribution in [0.4, 0.5) is 0 Å². The molecule has 2 rings (SSSR count). The fraction of sp³-hybridized carbons (Fsp3) is 0.0769. The van der Waals surface area contributed by atoms with E-state index in [1.807, 2.05) is 30.3 Å². The van der Waals surface area contributed by atoms with Crippen LogP contribution in [0.3, 0.4) is 0 Å². The average molecular weight is 263 g/mol. The number of hydrogen-bond acceptors (Lipinski definition) is 2. The van der Waals surface area contributed by atoms with E-state index in [-0.39, 0.29) is 5.56 Å². The Hall–Kier alpha value is -2.07. The number of aromatic amines is 1. The minimum Gasteiger partial charge on any atom is -0.348 e. The molecule has 1 aromatic carbocycles. The van der Waals surface area contributed by atoms with Crippen LogP contribution in [-0.4, -0.2) is 10.9 Å². The molecule has 0 atom stereocenters. The number of carbonyl (C=O) groups is 1. The van der Waals surface area contributed by atoms with Gasteiger partial charge in [-0.15, -0.1) is 0 Å². The van der Waals surface area contributed by atoms with E-state index in [0.717, 1.165) is 5.56 Å². The van der Waals surface area contributed by atoms with E-state index in [9.17, 15) is 9.59 Å². The Labute approximate surface area is 109 Å². The largest absolute Gasteiger partial charge is 0.348 e. The summed E-state index contributed by atoms with van der Waals surface area (Å²) >= 11 is 5.73. The highest BCUT2D eigenvalue weighted by Gasteiger charge is 2.10. The summed E-state index contributed by atoms with van der Waals surface area (Å²) in [4.78, 5) is 25.6. The molecule has 4 nitrogen and oxygen atoms in total. The zero-order valence-corrected chi connectivity index (χ0v) is 10.2. The molecule has 2 N–H and O–H groups in total. The summed E-state index contributed by atoms with van der Waals surface area (Å²) in [5, 5.41) is 2.98. The van der Waals surface area contributed by atoms with Gasteiger partial charge in [0, 0.05) is 12.7 Å². The number of hydrogen-bond donors (Lipinski definition) is 2. The Balaban J connectivity index is 2.09. The lowest BCUT2D eigenvalue weighted by atomic mass is 10.2. The standard InChI is InChI=1S/C13H11ClN2O2/c14-10-6-11(13(18)16-8-10)12(17)15-7-9-4-2-1-3-5-9/h1-6,8H,7H2,(H,15,17)(H,16,18). The van der Waals surface area contributed by atoms with Crippen LogP contribution < -0.4 is 10.9 Å². The molecule has 0 bridgehead atoms. The molecule has 2 aromatic rings. The summed E-state index contributed by atoms with van der Waals surface area (Å²) in [7, 11) is 0. The van der Waals surface area contributed by atoms with Gasteiger partial charge in [0.25, 0.3) is 11.5 Å². The van der Waals surface area contributed by atoms with Gasteiger partial charge in [-0.1, -0.05) is 41.9 Å². The molecule has 0 radical (unpaired) electrons. The number of halogens is 1. The van der Waals surface area contributed by atoms with Gasteiger partial charge in [0.15, 0.2) is 0 Å². The Morgan fingerprint density at radius 2 is 2.00 bits per heavy atom. The summed E-state index contributed by atoms with van der Waals surface area (Å²) in [5.74, 6) is -0.442. The molecule has 1 amide bonds. The highest BCUT2D eigenvalue weighted by molar-refractivity contribution is 6.30. The molecule has 1 aromatic heterocycles. The topological polar surface area (TPSA) is 62.0 Å². The van der Waals surface area contributed by atoms with Gasteiger partial charge >= 0.3 is 0 Å². The molecule has 1 heterocycles. The monoisotopic (exact) mass is 262 g/mol. The van der Waals surface area contributed by atoms with E-state index in [2.05, 4.69) is 10.3 Å². The summed E-state index contributed by atoms with van der Waals surface area (Å²) in [6.07, 6.45) is 1.35. The third-order valence-electron chi connectivity index (χ3n) is 2.41. The number of H-pyrrole nitrogens is 1. The zero-order valence-electron chi connectivity index (χ0n) is 9.44. The molecule has 92 valence electrons. The third-order valence-corrected chi connectivity index (χ3v) is 2.63. The fourth-order valence-electron chi connectivity index (χ4n) is 1.50. The number of aromatic nitrogens is 1. The van der Waals surface area contributed by atoms with Gasteiger partial charge in [-0.3, -0.25) is 9.59 Å². The van der Waals surface area contributed by atoms with E-state index in [4.69, 9.17) is 11.6 Å². The predicted molar refractivity (Wildman–Crippen MR) is 69.7 cm³/mol. The SMILES string of the molecule is O=C(NCc1ccccc1)c1cc(Cl)c[nH]c1=O. The van der Waals surface area contributed by atoms with Crippen LogP contribution in [0, 0.1) is 0 Å². The minimum atomic E-state index is -0.454. The number of pyridine rings is 1. The van der Waals surface area contributed by atoms with Crippen molar-refractivity contribution >= 4 is 17.5 Å². The van der Waals surface area contributed by atoms with Gasteiger partial charge < -0.3 is 10.3 Å². The number of nitrogens with one attached hydrogen (secondary N) is 2. The summed E-state index contributed by atoms with van der Waals surface area (Å²) < 4.78 is 0. The molecule has 0 spiro atoms. The highest BCUT2D eigenvalue weighted by atomic mass is 35.5. The predicted octanol–water partition coefficient (Wildman–Crippen LogP) is 1.96. The lowest BCUT2D eigenvalue weighted by Crippen LogP contribution is -2.29. The molecule has 0 saturated carbocycles. The van der Waals surface area contributed by atoms with Gasteiger partial charge in [0.2, 0.25) is 0 Å². The van der Waals surface area contributed by atoms with Gasteiger partial charge in [0.1, 0.15) is 5.56 Å². The smallest absolute Gasteiger partial charge is 0.260 e. The first-order chi connectivity index (χ1) is 8.66. The van der Waals surface area contributed by atoms with E-state index in [1.54, 1.807) is 0 Å². The molecular formula is C13H11ClN2O2. The normalized spacial score (nSPS) is 10.1. The van der Waals surface area contributed by atoms with Crippen molar-refractivity contribution in [1.82, 2.24) is 10.3 Å². The van der Waals surface area contributed by atoms with Gasteiger partial charge in [0.05, 0.1) is 5.02 Å². The zero-order chi connectivity index (χ0) is 13.0. The van der Waals surface area contributed by atoms with E-state index >= 15 is 0 Å². The maximum atomic E-state index is 11.8. The first kappa shape index (κ1) is 12.4. The number of amides is 1. The summed E-state index contributed by atoms with van der Waals surface area (Å²) in [6, 6.07) is 10.8. The Kier molecular flexibility index (Phi) is 3.79. The minimum absolute atomic E-state index is 0.0124. The third kappa shape index (κ3) is 2.99. The van der Waals surface area contributed by atoms with Crippen LogP contribution in [0.25, 0.3) is 0 Å². The average Bonchev–Trinajstić information content (AvgIpc) is 2.40.